The van der Waals surface area contributed by atoms with E-state index >= 15 is 0 Å². The van der Waals surface area contributed by atoms with Crippen LogP contribution in [0.5, 0.6) is 0 Å². The van der Waals surface area contributed by atoms with Gasteiger partial charge in [0.1, 0.15) is 5.78 Å². The first-order chi connectivity index (χ1) is 29.1. The molecule has 6 heteroatoms. The Hall–Kier alpha value is -0.884. The number of Topliss-reactive ketones (excluding diaryl/α,β-unsaturated/α-hetero) is 1. The van der Waals surface area contributed by atoms with Crippen LogP contribution >= 0.6 is 0 Å². The number of allylic oxidation sites excluding steroid dienone is 2. The molecule has 0 aromatic carbocycles. The summed E-state index contributed by atoms with van der Waals surface area (Å²) >= 11 is 0. The van der Waals surface area contributed by atoms with Gasteiger partial charge in [-0.15, -0.1) is 0 Å². The summed E-state index contributed by atoms with van der Waals surface area (Å²) in [7, 11) is 0. The van der Waals surface area contributed by atoms with E-state index in [4.69, 9.17) is 0 Å². The van der Waals surface area contributed by atoms with Gasteiger partial charge in [-0.1, -0.05) is 219 Å². The number of hydrogen-bond acceptors (Lipinski definition) is 5. The second-order valence-corrected chi connectivity index (χ2v) is 20.6. The molecule has 0 heterocycles. The van der Waals surface area contributed by atoms with Crippen molar-refractivity contribution < 1.29 is 24.6 Å². The molecule has 0 radical (unpaired) electrons. The van der Waals surface area contributed by atoms with Gasteiger partial charge in [0.15, 0.2) is 0 Å². The first-order valence-corrected chi connectivity index (χ1v) is 26.7. The number of unbranched alkanes of at least 4 members (excludes halogenated alkanes) is 28. The van der Waals surface area contributed by atoms with Crippen LogP contribution in [0.25, 0.3) is 0 Å². The molecule has 61 heavy (non-hydrogen) atoms. The van der Waals surface area contributed by atoms with Gasteiger partial charge in [-0.25, -0.2) is 0 Å². The van der Waals surface area contributed by atoms with Crippen LogP contribution in [-0.4, -0.2) is 40.8 Å². The van der Waals surface area contributed by atoms with Crippen molar-refractivity contribution in [2.24, 2.45) is 22.7 Å². The van der Waals surface area contributed by atoms with E-state index in [1.165, 1.54) is 212 Å². The zero-order chi connectivity index (χ0) is 43.7. The van der Waals surface area contributed by atoms with E-state index in [1.54, 1.807) is 0 Å². The van der Waals surface area contributed by atoms with Crippen LogP contribution in [0, 0.1) is 22.7 Å². The molecule has 350 valence electrons. The normalized spacial score (nSPS) is 22.8. The summed E-state index contributed by atoms with van der Waals surface area (Å²) in [5.41, 5.74) is 4.73. The summed E-state index contributed by atoms with van der Waals surface area (Å²) in [5.74, 6) is 0.226. The van der Waals surface area contributed by atoms with Gasteiger partial charge in [0.25, 0.3) is 0 Å². The van der Waals surface area contributed by atoms with Crippen LogP contribution < -0.4 is 10.2 Å². The Morgan fingerprint density at radius 3 is 1.26 bits per heavy atom. The monoisotopic (exact) mass is 863 g/mol. The van der Waals surface area contributed by atoms with E-state index in [0.29, 0.717) is 22.5 Å². The van der Waals surface area contributed by atoms with E-state index in [9.17, 15) is 24.6 Å². The fraction of sp³-hybridized carbons (Fsp3) is 0.909. The quantitative estimate of drug-likeness (QED) is 0.0381. The molecule has 0 bridgehead atoms. The molecule has 4 rings (SSSR count). The van der Waals surface area contributed by atoms with Crippen molar-refractivity contribution in [1.29, 1.82) is 0 Å². The molecule has 3 saturated carbocycles. The maximum atomic E-state index is 11.8. The average molecular weight is 864 g/mol. The fourth-order valence-corrected chi connectivity index (χ4v) is 11.6. The second-order valence-electron chi connectivity index (χ2n) is 20.6. The largest absolute Gasteiger partial charge is 2.00 e. The van der Waals surface area contributed by atoms with E-state index in [1.807, 2.05) is 11.1 Å². The molecular weight excluding hydrogens is 765 g/mol. The standard InChI is InChI=1S/C19H28O.2C18H36O2.Mg/c1-18-9-3-4-16(18)15-6-5-13-12-14(20)7-11-19(13,2)17(15)8-10-18;2*1-2-3-4-5-6-7-8-9-10-11-12-13-14-15-16-17-18(19)20;/h13,17H,3-12H2,1-2H3;2*2-17H2,1H3,(H,19,20);/q;;;+2/p-2/t13?,17-,18-,19-;;;/m0.../s1. The Morgan fingerprint density at radius 2 is 0.885 bits per heavy atom. The number of carbonyl (C=O) groups excluding carboxylic acids is 3. The van der Waals surface area contributed by atoms with Crippen molar-refractivity contribution in [3.63, 3.8) is 0 Å². The molecule has 5 nitrogen and oxygen atoms in total. The molecule has 0 aromatic heterocycles. The maximum absolute atomic E-state index is 11.8. The van der Waals surface area contributed by atoms with Crippen LogP contribution in [0.15, 0.2) is 11.1 Å². The first-order valence-electron chi connectivity index (χ1n) is 26.7. The minimum Gasteiger partial charge on any atom is -0.550 e. The average Bonchev–Trinajstić information content (AvgIpc) is 3.63. The maximum Gasteiger partial charge on any atom is 2.00 e. The number of ketones is 1. The van der Waals surface area contributed by atoms with Crippen LogP contribution in [0.2, 0.25) is 0 Å². The van der Waals surface area contributed by atoms with E-state index in [2.05, 4.69) is 27.7 Å². The topological polar surface area (TPSA) is 97.3 Å². The smallest absolute Gasteiger partial charge is 0.550 e. The van der Waals surface area contributed by atoms with Crippen LogP contribution in [0.1, 0.15) is 297 Å². The molecule has 0 spiro atoms. The molecule has 0 amide bonds. The zero-order valence-corrected chi connectivity index (χ0v) is 42.5. The molecule has 0 aliphatic heterocycles. The predicted molar refractivity (Wildman–Crippen MR) is 256 cm³/mol. The zero-order valence-electron chi connectivity index (χ0n) is 41.1. The third-order valence-electron chi connectivity index (χ3n) is 15.6. The summed E-state index contributed by atoms with van der Waals surface area (Å²) in [5, 5.41) is 20.4. The van der Waals surface area contributed by atoms with Gasteiger partial charge in [0.05, 0.1) is 0 Å². The summed E-state index contributed by atoms with van der Waals surface area (Å²) in [6, 6.07) is 0. The molecule has 0 aromatic rings. The van der Waals surface area contributed by atoms with Crippen molar-refractivity contribution in [1.82, 2.24) is 0 Å². The number of carboxylic acid groups (broad SMARTS) is 2. The fourth-order valence-electron chi connectivity index (χ4n) is 11.6. The van der Waals surface area contributed by atoms with Gasteiger partial charge in [-0.3, -0.25) is 4.79 Å². The van der Waals surface area contributed by atoms with Crippen LogP contribution in [0.3, 0.4) is 0 Å². The molecular formula is C55H98MgO5. The summed E-state index contributed by atoms with van der Waals surface area (Å²) in [4.78, 5) is 32.3. The van der Waals surface area contributed by atoms with Crippen molar-refractivity contribution in [2.45, 2.75) is 297 Å². The van der Waals surface area contributed by atoms with Gasteiger partial charge < -0.3 is 19.8 Å². The van der Waals surface area contributed by atoms with Crippen LogP contribution in [0.4, 0.5) is 0 Å². The summed E-state index contributed by atoms with van der Waals surface area (Å²) < 4.78 is 0. The number of aliphatic carboxylic acids is 2. The third-order valence-corrected chi connectivity index (χ3v) is 15.6. The van der Waals surface area contributed by atoms with Gasteiger partial charge in [-0.2, -0.15) is 0 Å². The third kappa shape index (κ3) is 25.4. The molecule has 3 fully saturated rings. The second kappa shape index (κ2) is 36.3. The minimum atomic E-state index is -0.903. The first kappa shape index (κ1) is 58.1. The molecule has 1 unspecified atom stereocenters. The van der Waals surface area contributed by atoms with Crippen molar-refractivity contribution in [2.75, 3.05) is 0 Å². The Balaban J connectivity index is 0.000000454. The number of hydrogen-bond donors (Lipinski definition) is 0. The molecule has 4 atom stereocenters. The van der Waals surface area contributed by atoms with Gasteiger partial charge in [0.2, 0.25) is 0 Å². The Morgan fingerprint density at radius 1 is 0.508 bits per heavy atom. The number of rotatable bonds is 32. The number of carbonyl (C=O) groups is 3. The molecule has 4 aliphatic rings. The van der Waals surface area contributed by atoms with Gasteiger partial charge in [-0.05, 0) is 99.7 Å². The Labute approximate surface area is 394 Å². The van der Waals surface area contributed by atoms with E-state index < -0.39 is 11.9 Å². The van der Waals surface area contributed by atoms with Crippen LogP contribution in [-0.2, 0) is 14.4 Å². The van der Waals surface area contributed by atoms with E-state index in [-0.39, 0.29) is 35.9 Å². The van der Waals surface area contributed by atoms with Crippen molar-refractivity contribution in [3.05, 3.63) is 11.1 Å². The van der Waals surface area contributed by atoms with E-state index in [0.717, 1.165) is 50.9 Å². The molecule has 0 saturated heterocycles. The molecule has 0 N–H and O–H groups in total. The summed E-state index contributed by atoms with van der Waals surface area (Å²) in [6.45, 7) is 9.58. The number of carboxylic acids is 2. The SMILES string of the molecule is CCCCCCCCCCCCCCCCCC(=O)[O-].CCCCCCCCCCCCCCCCCC(=O)[O-].C[C@@]12CCCC1=C1CCC3CC(=O)CC[C@]3(C)[C@H]1CC2.[Mg+2]. The molecule has 4 aliphatic carbocycles. The van der Waals surface area contributed by atoms with Gasteiger partial charge >= 0.3 is 23.1 Å². The van der Waals surface area contributed by atoms with Gasteiger partial charge in [0, 0.05) is 24.8 Å². The van der Waals surface area contributed by atoms with Crippen molar-refractivity contribution in [3.8, 4) is 0 Å². The minimum absolute atomic E-state index is 0. The van der Waals surface area contributed by atoms with Crippen molar-refractivity contribution >= 4 is 40.8 Å². The predicted octanol–water partition coefficient (Wildman–Crippen LogP) is 14.7. The Bertz CT molecular complexity index is 1120. The number of fused-ring (bicyclic) bond motifs is 4. The summed E-state index contributed by atoms with van der Waals surface area (Å²) in [6.07, 6.45) is 52.2. The Kier molecular flexibility index (Phi) is 34.6.